The van der Waals surface area contributed by atoms with Crippen LogP contribution in [-0.2, 0) is 4.74 Å². The van der Waals surface area contributed by atoms with E-state index < -0.39 is 0 Å². The maximum Gasteiger partial charge on any atom is 0.409 e. The number of hydrogen-bond donors (Lipinski definition) is 0. The highest BCUT2D eigenvalue weighted by Gasteiger charge is 2.25. The number of rotatable bonds is 7. The Bertz CT molecular complexity index is 502. The normalized spacial score (nSPS) is 15.0. The van der Waals surface area contributed by atoms with Crippen LogP contribution < -0.4 is 4.74 Å². The lowest BCUT2D eigenvalue weighted by molar-refractivity contribution is 0.0553. The standard InChI is InChI=1S/C18H27ClN2O3.ClH/c1-3-16(4-2)20-9-11-21(12-10-20)18(22)24-14-13-23-17-7-5-15(19)6-8-17;/h5-8,16H,3-4,9-14H2,1-2H3;1H. The van der Waals surface area contributed by atoms with Gasteiger partial charge in [0.25, 0.3) is 0 Å². The Kier molecular flexibility index (Phi) is 10.0. The van der Waals surface area contributed by atoms with Gasteiger partial charge in [0, 0.05) is 37.2 Å². The molecule has 1 aliphatic heterocycles. The van der Waals surface area contributed by atoms with Crippen molar-refractivity contribution < 1.29 is 14.3 Å². The van der Waals surface area contributed by atoms with Gasteiger partial charge in [-0.3, -0.25) is 4.90 Å². The first-order valence-corrected chi connectivity index (χ1v) is 9.06. The second-order valence-corrected chi connectivity index (χ2v) is 6.35. The van der Waals surface area contributed by atoms with Gasteiger partial charge in [-0.05, 0) is 37.1 Å². The number of amides is 1. The van der Waals surface area contributed by atoms with Gasteiger partial charge >= 0.3 is 6.09 Å². The van der Waals surface area contributed by atoms with E-state index >= 15 is 0 Å². The van der Waals surface area contributed by atoms with E-state index in [-0.39, 0.29) is 25.1 Å². The summed E-state index contributed by atoms with van der Waals surface area (Å²) >= 11 is 5.81. The van der Waals surface area contributed by atoms with E-state index in [4.69, 9.17) is 21.1 Å². The zero-order valence-electron chi connectivity index (χ0n) is 14.9. The van der Waals surface area contributed by atoms with Gasteiger partial charge in [0.05, 0.1) is 0 Å². The van der Waals surface area contributed by atoms with Gasteiger partial charge < -0.3 is 14.4 Å². The maximum atomic E-state index is 12.1. The minimum atomic E-state index is -0.251. The third-order valence-corrected chi connectivity index (χ3v) is 4.67. The molecular weight excluding hydrogens is 363 g/mol. The van der Waals surface area contributed by atoms with Gasteiger partial charge in [-0.2, -0.15) is 0 Å². The molecule has 0 aliphatic carbocycles. The van der Waals surface area contributed by atoms with E-state index in [1.807, 2.05) is 0 Å². The molecule has 1 heterocycles. The molecule has 7 heteroatoms. The topological polar surface area (TPSA) is 42.0 Å². The van der Waals surface area contributed by atoms with E-state index in [1.165, 1.54) is 0 Å². The Morgan fingerprint density at radius 3 is 2.24 bits per heavy atom. The average Bonchev–Trinajstić information content (AvgIpc) is 2.62. The van der Waals surface area contributed by atoms with E-state index in [9.17, 15) is 4.79 Å². The largest absolute Gasteiger partial charge is 0.490 e. The van der Waals surface area contributed by atoms with Gasteiger partial charge in [0.2, 0.25) is 0 Å². The van der Waals surface area contributed by atoms with Crippen molar-refractivity contribution in [3.8, 4) is 5.75 Å². The summed E-state index contributed by atoms with van der Waals surface area (Å²) < 4.78 is 10.8. The molecule has 1 aromatic carbocycles. The lowest BCUT2D eigenvalue weighted by atomic mass is 10.1. The maximum absolute atomic E-state index is 12.1. The highest BCUT2D eigenvalue weighted by Crippen LogP contribution is 2.15. The first-order chi connectivity index (χ1) is 11.6. The van der Waals surface area contributed by atoms with Crippen LogP contribution in [0.2, 0.25) is 5.02 Å². The number of halogens is 2. The van der Waals surface area contributed by atoms with E-state index in [0.29, 0.717) is 23.4 Å². The van der Waals surface area contributed by atoms with Gasteiger partial charge in [0.15, 0.2) is 0 Å². The monoisotopic (exact) mass is 390 g/mol. The van der Waals surface area contributed by atoms with Gasteiger partial charge in [-0.15, -0.1) is 12.4 Å². The lowest BCUT2D eigenvalue weighted by Crippen LogP contribution is -2.52. The lowest BCUT2D eigenvalue weighted by Gasteiger charge is -2.38. The highest BCUT2D eigenvalue weighted by atomic mass is 35.5. The molecule has 0 N–H and O–H groups in total. The fourth-order valence-corrected chi connectivity index (χ4v) is 3.11. The molecule has 1 fully saturated rings. The summed E-state index contributed by atoms with van der Waals surface area (Å²) in [5.41, 5.74) is 0. The predicted octanol–water partition coefficient (Wildman–Crippen LogP) is 4.08. The molecule has 0 spiro atoms. The molecule has 0 bridgehead atoms. The molecule has 0 aromatic heterocycles. The molecule has 2 rings (SSSR count). The number of carbonyl (C=O) groups is 1. The zero-order chi connectivity index (χ0) is 17.4. The van der Waals surface area contributed by atoms with Crippen molar-refractivity contribution in [1.29, 1.82) is 0 Å². The fraction of sp³-hybridized carbons (Fsp3) is 0.611. The molecule has 1 saturated heterocycles. The molecule has 0 radical (unpaired) electrons. The van der Waals surface area contributed by atoms with Gasteiger partial charge in [-0.1, -0.05) is 25.4 Å². The van der Waals surface area contributed by atoms with Crippen LogP contribution in [0.1, 0.15) is 26.7 Å². The SMILES string of the molecule is CCC(CC)N1CCN(C(=O)OCCOc2ccc(Cl)cc2)CC1.Cl. The van der Waals surface area contributed by atoms with Crippen LogP contribution in [0, 0.1) is 0 Å². The number of benzene rings is 1. The molecule has 0 atom stereocenters. The smallest absolute Gasteiger partial charge is 0.409 e. The third-order valence-electron chi connectivity index (χ3n) is 4.42. The third kappa shape index (κ3) is 6.92. The van der Waals surface area contributed by atoms with Crippen LogP contribution in [0.3, 0.4) is 0 Å². The molecule has 5 nitrogen and oxygen atoms in total. The van der Waals surface area contributed by atoms with Crippen molar-refractivity contribution in [2.75, 3.05) is 39.4 Å². The molecule has 0 unspecified atom stereocenters. The number of ether oxygens (including phenoxy) is 2. The second kappa shape index (κ2) is 11.4. The van der Waals surface area contributed by atoms with Crippen molar-refractivity contribution in [3.05, 3.63) is 29.3 Å². The van der Waals surface area contributed by atoms with E-state index in [0.717, 1.165) is 39.0 Å². The van der Waals surface area contributed by atoms with Crippen LogP contribution in [0.5, 0.6) is 5.75 Å². The average molecular weight is 391 g/mol. The van der Waals surface area contributed by atoms with Gasteiger partial charge in [0.1, 0.15) is 19.0 Å². The van der Waals surface area contributed by atoms with Crippen molar-refractivity contribution in [2.45, 2.75) is 32.7 Å². The Labute approximate surface area is 161 Å². The zero-order valence-corrected chi connectivity index (χ0v) is 16.5. The van der Waals surface area contributed by atoms with Crippen LogP contribution in [0.25, 0.3) is 0 Å². The van der Waals surface area contributed by atoms with Crippen molar-refractivity contribution in [1.82, 2.24) is 9.80 Å². The summed E-state index contributed by atoms with van der Waals surface area (Å²) in [6, 6.07) is 7.74. The molecule has 1 aromatic rings. The number of hydrogen-bond acceptors (Lipinski definition) is 4. The van der Waals surface area contributed by atoms with Crippen LogP contribution in [0.15, 0.2) is 24.3 Å². The molecule has 1 amide bonds. The highest BCUT2D eigenvalue weighted by molar-refractivity contribution is 6.30. The molecule has 142 valence electrons. The van der Waals surface area contributed by atoms with Crippen LogP contribution in [0.4, 0.5) is 4.79 Å². The molecular formula is C18H28Cl2N2O3. The minimum absolute atomic E-state index is 0. The first kappa shape index (κ1) is 21.9. The van der Waals surface area contributed by atoms with E-state index in [1.54, 1.807) is 29.2 Å². The Hall–Kier alpha value is -1.17. The summed E-state index contributed by atoms with van der Waals surface area (Å²) in [5, 5.41) is 0.668. The Morgan fingerprint density at radius 1 is 1.08 bits per heavy atom. The summed E-state index contributed by atoms with van der Waals surface area (Å²) in [5.74, 6) is 0.717. The number of nitrogens with zero attached hydrogens (tertiary/aromatic N) is 2. The predicted molar refractivity (Wildman–Crippen MR) is 103 cm³/mol. The van der Waals surface area contributed by atoms with E-state index in [2.05, 4.69) is 18.7 Å². The quantitative estimate of drug-likeness (QED) is 0.657. The van der Waals surface area contributed by atoms with Crippen molar-refractivity contribution >= 4 is 30.1 Å². The van der Waals surface area contributed by atoms with Gasteiger partial charge in [-0.25, -0.2) is 4.79 Å². The van der Waals surface area contributed by atoms with Crippen molar-refractivity contribution in [3.63, 3.8) is 0 Å². The minimum Gasteiger partial charge on any atom is -0.490 e. The van der Waals surface area contributed by atoms with Crippen molar-refractivity contribution in [2.24, 2.45) is 0 Å². The van der Waals surface area contributed by atoms with Crippen LogP contribution in [-0.4, -0.2) is 61.3 Å². The summed E-state index contributed by atoms with van der Waals surface area (Å²) in [6.45, 7) is 8.31. The van der Waals surface area contributed by atoms with Crippen LogP contribution >= 0.6 is 24.0 Å². The number of piperazine rings is 1. The molecule has 1 aliphatic rings. The first-order valence-electron chi connectivity index (χ1n) is 8.68. The second-order valence-electron chi connectivity index (χ2n) is 5.91. The Morgan fingerprint density at radius 2 is 1.68 bits per heavy atom. The fourth-order valence-electron chi connectivity index (χ4n) is 2.99. The Balaban J connectivity index is 0.00000312. The summed E-state index contributed by atoms with van der Waals surface area (Å²) in [7, 11) is 0. The summed E-state index contributed by atoms with van der Waals surface area (Å²) in [6.07, 6.45) is 2.06. The molecule has 25 heavy (non-hydrogen) atoms. The molecule has 0 saturated carbocycles. The number of carbonyl (C=O) groups excluding carboxylic acids is 1. The summed E-state index contributed by atoms with van der Waals surface area (Å²) in [4.78, 5) is 16.3.